The fourth-order valence-corrected chi connectivity index (χ4v) is 3.00. The molecule has 0 saturated carbocycles. The van der Waals surface area contributed by atoms with E-state index in [1.54, 1.807) is 13.3 Å². The maximum Gasteiger partial charge on any atom is 0.133 e. The Morgan fingerprint density at radius 2 is 2.14 bits per heavy atom. The van der Waals surface area contributed by atoms with Crippen LogP contribution in [0.1, 0.15) is 10.9 Å². The molecular formula is C17H13N3OS. The highest BCUT2D eigenvalue weighted by Crippen LogP contribution is 2.27. The number of nitriles is 1. The lowest BCUT2D eigenvalue weighted by molar-refractivity contribution is 0.415. The zero-order chi connectivity index (χ0) is 15.4. The van der Waals surface area contributed by atoms with Gasteiger partial charge in [-0.1, -0.05) is 18.2 Å². The number of methoxy groups -OCH3 is 1. The molecule has 2 aromatic carbocycles. The monoisotopic (exact) mass is 307 g/mol. The lowest BCUT2D eigenvalue weighted by atomic mass is 10.2. The zero-order valence-corrected chi connectivity index (χ0v) is 12.7. The number of fused-ring (bicyclic) bond motifs is 1. The first-order chi connectivity index (χ1) is 10.8. The van der Waals surface area contributed by atoms with Gasteiger partial charge in [-0.05, 0) is 24.3 Å². The number of nitrogens with zero attached hydrogens (tertiary/aromatic N) is 3. The van der Waals surface area contributed by atoms with E-state index in [2.05, 4.69) is 16.0 Å². The van der Waals surface area contributed by atoms with Gasteiger partial charge in [0.05, 0.1) is 29.1 Å². The van der Waals surface area contributed by atoms with Crippen LogP contribution in [0.15, 0.2) is 53.5 Å². The molecule has 3 aromatic rings. The molecule has 108 valence electrons. The maximum atomic E-state index is 9.38. The van der Waals surface area contributed by atoms with Gasteiger partial charge in [0.1, 0.15) is 16.7 Å². The van der Waals surface area contributed by atoms with Crippen LogP contribution < -0.4 is 4.74 Å². The molecule has 1 unspecified atom stereocenters. The molecule has 0 bridgehead atoms. The summed E-state index contributed by atoms with van der Waals surface area (Å²) in [5.74, 6) is 0.284. The average Bonchev–Trinajstić information content (AvgIpc) is 2.99. The summed E-state index contributed by atoms with van der Waals surface area (Å²) in [6, 6.07) is 17.5. The summed E-state index contributed by atoms with van der Waals surface area (Å²) < 4.78 is 6.24. The Kier molecular flexibility index (Phi) is 4.12. The maximum absolute atomic E-state index is 9.38. The van der Waals surface area contributed by atoms with E-state index in [9.17, 15) is 5.26 Å². The first kappa shape index (κ1) is 14.2. The van der Waals surface area contributed by atoms with Crippen LogP contribution in [-0.4, -0.2) is 18.3 Å². The lowest BCUT2D eigenvalue weighted by Gasteiger charge is -2.01. The van der Waals surface area contributed by atoms with Crippen LogP contribution in [0.5, 0.6) is 5.75 Å². The van der Waals surface area contributed by atoms with Crippen LogP contribution in [0, 0.1) is 11.3 Å². The van der Waals surface area contributed by atoms with Crippen molar-refractivity contribution < 1.29 is 4.74 Å². The summed E-state index contributed by atoms with van der Waals surface area (Å²) in [4.78, 5) is 8.88. The third-order valence-corrected chi connectivity index (χ3v) is 4.26. The third-order valence-electron chi connectivity index (χ3n) is 3.14. The predicted octanol–water partition coefficient (Wildman–Crippen LogP) is 4.31. The van der Waals surface area contributed by atoms with Crippen molar-refractivity contribution >= 4 is 33.5 Å². The number of para-hydroxylation sites is 1. The molecule has 0 fully saturated rings. The van der Waals surface area contributed by atoms with Gasteiger partial charge in [0.2, 0.25) is 0 Å². The Hall–Kier alpha value is -2.71. The number of ether oxygens (including phenoxy) is 1. The van der Waals surface area contributed by atoms with Crippen molar-refractivity contribution in [2.45, 2.75) is 5.92 Å². The smallest absolute Gasteiger partial charge is 0.133 e. The summed E-state index contributed by atoms with van der Waals surface area (Å²) in [5.41, 5.74) is 1.67. The molecule has 1 atom stereocenters. The summed E-state index contributed by atoms with van der Waals surface area (Å²) in [6.45, 7) is 0. The Morgan fingerprint density at radius 3 is 2.91 bits per heavy atom. The number of aliphatic imine (C=N–C) groups is 1. The molecule has 5 heteroatoms. The van der Waals surface area contributed by atoms with E-state index in [0.717, 1.165) is 26.7 Å². The van der Waals surface area contributed by atoms with Gasteiger partial charge in [0.25, 0.3) is 0 Å². The van der Waals surface area contributed by atoms with E-state index >= 15 is 0 Å². The number of thiazole rings is 1. The summed E-state index contributed by atoms with van der Waals surface area (Å²) in [7, 11) is 1.61. The molecule has 0 saturated heterocycles. The quantitative estimate of drug-likeness (QED) is 0.675. The molecule has 0 aliphatic carbocycles. The molecule has 0 radical (unpaired) electrons. The highest BCUT2D eigenvalue weighted by molar-refractivity contribution is 7.18. The second kappa shape index (κ2) is 6.37. The first-order valence-corrected chi connectivity index (χ1v) is 7.55. The second-order valence-electron chi connectivity index (χ2n) is 4.61. The van der Waals surface area contributed by atoms with Crippen LogP contribution in [0.2, 0.25) is 0 Å². The Balaban J connectivity index is 1.87. The minimum absolute atomic E-state index is 0.455. The van der Waals surface area contributed by atoms with Crippen molar-refractivity contribution in [1.29, 1.82) is 5.26 Å². The number of hydrogen-bond acceptors (Lipinski definition) is 5. The van der Waals surface area contributed by atoms with E-state index in [-0.39, 0.29) is 0 Å². The molecule has 4 nitrogen and oxygen atoms in total. The Labute approximate surface area is 132 Å². The Morgan fingerprint density at radius 1 is 1.27 bits per heavy atom. The molecule has 22 heavy (non-hydrogen) atoms. The Bertz CT molecular complexity index is 830. The van der Waals surface area contributed by atoms with Crippen molar-refractivity contribution in [3.8, 4) is 11.8 Å². The van der Waals surface area contributed by atoms with E-state index < -0.39 is 5.92 Å². The van der Waals surface area contributed by atoms with Gasteiger partial charge in [-0.2, -0.15) is 5.26 Å². The molecule has 0 aliphatic heterocycles. The number of benzene rings is 2. The van der Waals surface area contributed by atoms with E-state index in [4.69, 9.17) is 4.74 Å². The topological polar surface area (TPSA) is 58.3 Å². The van der Waals surface area contributed by atoms with Gasteiger partial charge in [-0.15, -0.1) is 11.3 Å². The normalized spacial score (nSPS) is 12.4. The average molecular weight is 307 g/mol. The minimum atomic E-state index is -0.455. The SMILES string of the molecule is COc1cccc(N=CC(C#N)c2nc3ccccc3s2)c1. The predicted molar refractivity (Wildman–Crippen MR) is 89.1 cm³/mol. The van der Waals surface area contributed by atoms with Gasteiger partial charge in [0.15, 0.2) is 0 Å². The fourth-order valence-electron chi connectivity index (χ4n) is 2.03. The van der Waals surface area contributed by atoms with Gasteiger partial charge in [0, 0.05) is 12.3 Å². The lowest BCUT2D eigenvalue weighted by Crippen LogP contribution is -1.95. The van der Waals surface area contributed by atoms with E-state index in [1.807, 2.05) is 48.5 Å². The number of rotatable bonds is 4. The van der Waals surface area contributed by atoms with E-state index in [1.165, 1.54) is 11.3 Å². The van der Waals surface area contributed by atoms with Crippen LogP contribution in [-0.2, 0) is 0 Å². The summed E-state index contributed by atoms with van der Waals surface area (Å²) in [6.07, 6.45) is 1.63. The standard InChI is InChI=1S/C17H13N3OS/c1-21-14-6-4-5-13(9-14)19-11-12(10-18)17-20-15-7-2-3-8-16(15)22-17/h2-9,11-12H,1H3. The number of hydrogen-bond donors (Lipinski definition) is 0. The minimum Gasteiger partial charge on any atom is -0.497 e. The van der Waals surface area contributed by atoms with Crippen molar-refractivity contribution in [2.75, 3.05) is 7.11 Å². The van der Waals surface area contributed by atoms with Gasteiger partial charge >= 0.3 is 0 Å². The highest BCUT2D eigenvalue weighted by Gasteiger charge is 2.13. The number of aromatic nitrogens is 1. The van der Waals surface area contributed by atoms with Crippen LogP contribution >= 0.6 is 11.3 Å². The largest absolute Gasteiger partial charge is 0.497 e. The molecule has 0 amide bonds. The molecule has 0 spiro atoms. The summed E-state index contributed by atoms with van der Waals surface area (Å²) in [5, 5.41) is 10.1. The molecule has 3 rings (SSSR count). The molecule has 0 N–H and O–H groups in total. The first-order valence-electron chi connectivity index (χ1n) is 6.73. The molecule has 1 aromatic heterocycles. The highest BCUT2D eigenvalue weighted by atomic mass is 32.1. The van der Waals surface area contributed by atoms with Crippen molar-refractivity contribution in [3.05, 3.63) is 53.5 Å². The van der Waals surface area contributed by atoms with Gasteiger partial charge < -0.3 is 4.74 Å². The van der Waals surface area contributed by atoms with Gasteiger partial charge in [-0.3, -0.25) is 4.99 Å². The van der Waals surface area contributed by atoms with E-state index in [0.29, 0.717) is 0 Å². The second-order valence-corrected chi connectivity index (χ2v) is 5.67. The van der Waals surface area contributed by atoms with Crippen LogP contribution in [0.25, 0.3) is 10.2 Å². The zero-order valence-electron chi connectivity index (χ0n) is 11.9. The van der Waals surface area contributed by atoms with Crippen molar-refractivity contribution in [3.63, 3.8) is 0 Å². The molecule has 1 heterocycles. The fraction of sp³-hybridized carbons (Fsp3) is 0.118. The van der Waals surface area contributed by atoms with Crippen molar-refractivity contribution in [2.24, 2.45) is 4.99 Å². The van der Waals surface area contributed by atoms with Crippen LogP contribution in [0.4, 0.5) is 5.69 Å². The van der Waals surface area contributed by atoms with Crippen molar-refractivity contribution in [1.82, 2.24) is 4.98 Å². The van der Waals surface area contributed by atoms with Crippen LogP contribution in [0.3, 0.4) is 0 Å². The summed E-state index contributed by atoms with van der Waals surface area (Å²) >= 11 is 1.52. The third kappa shape index (κ3) is 2.97. The molecular weight excluding hydrogens is 294 g/mol. The van der Waals surface area contributed by atoms with Gasteiger partial charge in [-0.25, -0.2) is 4.98 Å². The molecule has 0 aliphatic rings.